The number of pyridine rings is 1. The first-order valence-corrected chi connectivity index (χ1v) is 8.25. The number of piperidine rings is 1. The van der Waals surface area contributed by atoms with Crippen molar-refractivity contribution in [2.75, 3.05) is 43.5 Å². The molecule has 2 heterocycles. The smallest absolute Gasteiger partial charge is 0.0727 e. The number of hydrogen-bond acceptors (Lipinski definition) is 4. The Labute approximate surface area is 132 Å². The van der Waals surface area contributed by atoms with E-state index in [1.165, 1.54) is 49.1 Å². The molecule has 0 atom stereocenters. The number of anilines is 2. The average Bonchev–Trinajstić information content (AvgIpc) is 2.54. The van der Waals surface area contributed by atoms with Crippen molar-refractivity contribution < 1.29 is 0 Å². The lowest BCUT2D eigenvalue weighted by Crippen LogP contribution is -2.29. The van der Waals surface area contributed by atoms with Crippen molar-refractivity contribution in [3.05, 3.63) is 30.0 Å². The maximum absolute atomic E-state index is 5.69. The number of nitrogens with zero attached hydrogens (tertiary/aromatic N) is 3. The lowest BCUT2D eigenvalue weighted by molar-refractivity contribution is 0.578. The van der Waals surface area contributed by atoms with Crippen molar-refractivity contribution in [3.8, 4) is 0 Å². The van der Waals surface area contributed by atoms with Crippen LogP contribution in [0.15, 0.2) is 24.3 Å². The Kier molecular flexibility index (Phi) is 4.48. The van der Waals surface area contributed by atoms with Crippen LogP contribution >= 0.6 is 0 Å². The fourth-order valence-corrected chi connectivity index (χ4v) is 3.24. The zero-order chi connectivity index (χ0) is 15.5. The molecule has 0 radical (unpaired) electrons. The lowest BCUT2D eigenvalue weighted by atomic mass is 10.1. The maximum atomic E-state index is 5.69. The molecule has 1 fully saturated rings. The first-order valence-electron chi connectivity index (χ1n) is 8.25. The van der Waals surface area contributed by atoms with Crippen molar-refractivity contribution in [2.45, 2.75) is 25.7 Å². The van der Waals surface area contributed by atoms with Gasteiger partial charge in [-0.1, -0.05) is 0 Å². The molecule has 3 rings (SSSR count). The molecular formula is C18H26N4. The summed E-state index contributed by atoms with van der Waals surface area (Å²) < 4.78 is 0. The Bertz CT molecular complexity index is 645. The molecule has 2 N–H and O–H groups in total. The third-order valence-electron chi connectivity index (χ3n) is 4.43. The van der Waals surface area contributed by atoms with E-state index >= 15 is 0 Å². The van der Waals surface area contributed by atoms with Crippen LogP contribution in [0.2, 0.25) is 0 Å². The van der Waals surface area contributed by atoms with E-state index in [4.69, 9.17) is 10.7 Å². The first-order chi connectivity index (χ1) is 10.7. The summed E-state index contributed by atoms with van der Waals surface area (Å²) in [6.45, 7) is 2.97. The van der Waals surface area contributed by atoms with Crippen molar-refractivity contribution in [3.63, 3.8) is 0 Å². The van der Waals surface area contributed by atoms with Crippen LogP contribution in [0.5, 0.6) is 0 Å². The fourth-order valence-electron chi connectivity index (χ4n) is 3.24. The molecule has 4 nitrogen and oxygen atoms in total. The summed E-state index contributed by atoms with van der Waals surface area (Å²) in [5.74, 6) is 0. The summed E-state index contributed by atoms with van der Waals surface area (Å²) in [5, 5.41) is 1.23. The molecule has 0 unspecified atom stereocenters. The van der Waals surface area contributed by atoms with E-state index < -0.39 is 0 Å². The number of hydrogen-bond donors (Lipinski definition) is 1. The van der Waals surface area contributed by atoms with Gasteiger partial charge in [-0.25, -0.2) is 0 Å². The number of benzene rings is 1. The molecule has 1 saturated heterocycles. The Morgan fingerprint density at radius 2 is 1.91 bits per heavy atom. The molecule has 0 aliphatic carbocycles. The number of nitrogens with two attached hydrogens (primary N) is 1. The van der Waals surface area contributed by atoms with Gasteiger partial charge in [0.1, 0.15) is 0 Å². The molecule has 0 spiro atoms. The van der Waals surface area contributed by atoms with Crippen molar-refractivity contribution >= 4 is 22.3 Å². The minimum absolute atomic E-state index is 0.636. The summed E-state index contributed by atoms with van der Waals surface area (Å²) >= 11 is 0. The van der Waals surface area contributed by atoms with Gasteiger partial charge >= 0.3 is 0 Å². The third kappa shape index (κ3) is 3.02. The minimum atomic E-state index is 0.636. The monoisotopic (exact) mass is 298 g/mol. The topological polar surface area (TPSA) is 45.4 Å². The summed E-state index contributed by atoms with van der Waals surface area (Å²) in [4.78, 5) is 9.44. The molecular weight excluding hydrogens is 272 g/mol. The van der Waals surface area contributed by atoms with Crippen LogP contribution in [0, 0.1) is 0 Å². The Balaban J connectivity index is 2.05. The highest BCUT2D eigenvalue weighted by Gasteiger charge is 2.14. The summed E-state index contributed by atoms with van der Waals surface area (Å²) in [6.07, 6.45) is 4.78. The largest absolute Gasteiger partial charge is 0.377 e. The van der Waals surface area contributed by atoms with Crippen LogP contribution in [0.4, 0.5) is 11.4 Å². The first kappa shape index (κ1) is 15.1. The average molecular weight is 298 g/mol. The van der Waals surface area contributed by atoms with E-state index in [1.54, 1.807) is 0 Å². The van der Waals surface area contributed by atoms with Gasteiger partial charge in [-0.3, -0.25) is 4.98 Å². The number of rotatable bonds is 4. The van der Waals surface area contributed by atoms with Gasteiger partial charge in [-0.2, -0.15) is 0 Å². The van der Waals surface area contributed by atoms with E-state index in [0.717, 1.165) is 17.6 Å². The Morgan fingerprint density at radius 1 is 1.14 bits per heavy atom. The normalized spacial score (nSPS) is 15.3. The quantitative estimate of drug-likeness (QED) is 0.943. The summed E-state index contributed by atoms with van der Waals surface area (Å²) in [6, 6.07) is 8.85. The zero-order valence-electron chi connectivity index (χ0n) is 13.7. The van der Waals surface area contributed by atoms with E-state index in [1.807, 2.05) is 0 Å². The second-order valence-corrected chi connectivity index (χ2v) is 6.31. The van der Waals surface area contributed by atoms with Gasteiger partial charge in [0.15, 0.2) is 0 Å². The Hall–Kier alpha value is -1.81. The van der Waals surface area contributed by atoms with Crippen LogP contribution in [0.1, 0.15) is 25.0 Å². The SMILES string of the molecule is CN(C)c1cc(CCN)nc2ccc(N3CCCCC3)cc12. The molecule has 0 amide bonds. The third-order valence-corrected chi connectivity index (χ3v) is 4.43. The van der Waals surface area contributed by atoms with Crippen molar-refractivity contribution in [1.29, 1.82) is 0 Å². The van der Waals surface area contributed by atoms with E-state index in [-0.39, 0.29) is 0 Å². The molecule has 0 saturated carbocycles. The second-order valence-electron chi connectivity index (χ2n) is 6.31. The molecule has 22 heavy (non-hydrogen) atoms. The van der Waals surface area contributed by atoms with Gasteiger partial charge in [0.2, 0.25) is 0 Å². The van der Waals surface area contributed by atoms with Crippen LogP contribution in [0.3, 0.4) is 0 Å². The van der Waals surface area contributed by atoms with Gasteiger partial charge in [0.25, 0.3) is 0 Å². The van der Waals surface area contributed by atoms with Gasteiger partial charge in [0, 0.05) is 56.1 Å². The molecule has 4 heteroatoms. The molecule has 1 aromatic carbocycles. The predicted octanol–water partition coefficient (Wildman–Crippen LogP) is 2.79. The predicted molar refractivity (Wildman–Crippen MR) is 94.9 cm³/mol. The van der Waals surface area contributed by atoms with Gasteiger partial charge in [-0.15, -0.1) is 0 Å². The Morgan fingerprint density at radius 3 is 2.59 bits per heavy atom. The van der Waals surface area contributed by atoms with E-state index in [2.05, 4.69) is 48.2 Å². The molecule has 0 bridgehead atoms. The van der Waals surface area contributed by atoms with Crippen molar-refractivity contribution in [1.82, 2.24) is 4.98 Å². The van der Waals surface area contributed by atoms with Crippen LogP contribution in [-0.4, -0.2) is 38.7 Å². The number of aromatic nitrogens is 1. The molecule has 1 aliphatic heterocycles. The molecule has 1 aromatic heterocycles. The molecule has 118 valence electrons. The standard InChI is InChI=1S/C18H26N4/c1-21(2)18-12-14(8-9-19)20-17-7-6-15(13-16(17)18)22-10-4-3-5-11-22/h6-7,12-13H,3-5,8-11,19H2,1-2H3. The van der Waals surface area contributed by atoms with Crippen LogP contribution in [0.25, 0.3) is 10.9 Å². The van der Waals surface area contributed by atoms with Gasteiger partial charge < -0.3 is 15.5 Å². The van der Waals surface area contributed by atoms with E-state index in [0.29, 0.717) is 6.54 Å². The highest BCUT2D eigenvalue weighted by molar-refractivity contribution is 5.94. The second kappa shape index (κ2) is 6.53. The molecule has 2 aromatic rings. The highest BCUT2D eigenvalue weighted by Crippen LogP contribution is 2.30. The van der Waals surface area contributed by atoms with Gasteiger partial charge in [0.05, 0.1) is 5.52 Å². The zero-order valence-corrected chi connectivity index (χ0v) is 13.7. The minimum Gasteiger partial charge on any atom is -0.377 e. The maximum Gasteiger partial charge on any atom is 0.0727 e. The van der Waals surface area contributed by atoms with Gasteiger partial charge in [-0.05, 0) is 50.1 Å². The summed E-state index contributed by atoms with van der Waals surface area (Å²) in [7, 11) is 4.18. The van der Waals surface area contributed by atoms with Crippen molar-refractivity contribution in [2.24, 2.45) is 5.73 Å². The lowest BCUT2D eigenvalue weighted by Gasteiger charge is -2.29. The number of fused-ring (bicyclic) bond motifs is 1. The van der Waals surface area contributed by atoms with E-state index in [9.17, 15) is 0 Å². The van der Waals surface area contributed by atoms with Crippen LogP contribution in [-0.2, 0) is 6.42 Å². The molecule has 1 aliphatic rings. The van der Waals surface area contributed by atoms with Crippen LogP contribution < -0.4 is 15.5 Å². The fraction of sp³-hybridized carbons (Fsp3) is 0.500. The highest BCUT2D eigenvalue weighted by atomic mass is 15.1. The summed E-state index contributed by atoms with van der Waals surface area (Å²) in [5.41, 5.74) is 10.4.